The van der Waals surface area contributed by atoms with E-state index in [1.54, 1.807) is 31.2 Å². The lowest BCUT2D eigenvalue weighted by Gasteiger charge is -2.13. The molecule has 0 atom stereocenters. The topological polar surface area (TPSA) is 52.0 Å². The summed E-state index contributed by atoms with van der Waals surface area (Å²) in [5.41, 5.74) is 1.10. The molecule has 0 unspecified atom stereocenters. The number of aryl methyl sites for hydroxylation is 1. The van der Waals surface area contributed by atoms with Crippen LogP contribution < -0.4 is 5.56 Å². The number of rotatable bonds is 4. The number of nitrogens with zero attached hydrogens (tertiary/aromatic N) is 2. The zero-order valence-corrected chi connectivity index (χ0v) is 16.0. The monoisotopic (exact) mass is 402 g/mol. The summed E-state index contributed by atoms with van der Waals surface area (Å²) in [6.45, 7) is 1.80. The first-order chi connectivity index (χ1) is 14.4. The highest BCUT2D eigenvalue weighted by Crippen LogP contribution is 2.24. The van der Waals surface area contributed by atoms with Gasteiger partial charge >= 0.3 is 0 Å². The van der Waals surface area contributed by atoms with E-state index in [1.165, 1.54) is 47.2 Å². The molecule has 4 aromatic rings. The number of carbonyl (C=O) groups excluding carboxylic acids is 1. The van der Waals surface area contributed by atoms with Gasteiger partial charge in [-0.1, -0.05) is 18.2 Å². The molecule has 2 aromatic heterocycles. The maximum absolute atomic E-state index is 13.4. The van der Waals surface area contributed by atoms with Gasteiger partial charge in [0.15, 0.2) is 5.78 Å². The number of halogens is 2. The minimum atomic E-state index is -0.566. The van der Waals surface area contributed by atoms with Crippen LogP contribution in [0.1, 0.15) is 21.6 Å². The summed E-state index contributed by atoms with van der Waals surface area (Å²) in [6, 6.07) is 17.3. The van der Waals surface area contributed by atoms with Crippen LogP contribution >= 0.6 is 0 Å². The Labute approximate surface area is 171 Å². The zero-order chi connectivity index (χ0) is 21.3. The van der Waals surface area contributed by atoms with Crippen LogP contribution in [-0.4, -0.2) is 15.3 Å². The van der Waals surface area contributed by atoms with Crippen molar-refractivity contribution < 1.29 is 13.6 Å². The molecule has 0 saturated carbocycles. The minimum absolute atomic E-state index is 0.0981. The van der Waals surface area contributed by atoms with Gasteiger partial charge in [-0.15, -0.1) is 0 Å². The first kappa shape index (κ1) is 19.4. The number of carbonyl (C=O) groups is 1. The molecule has 0 spiro atoms. The number of pyridine rings is 2. The van der Waals surface area contributed by atoms with Gasteiger partial charge in [0.2, 0.25) is 0 Å². The van der Waals surface area contributed by atoms with E-state index >= 15 is 0 Å². The Balaban J connectivity index is 1.96. The van der Waals surface area contributed by atoms with Crippen LogP contribution in [0.3, 0.4) is 0 Å². The van der Waals surface area contributed by atoms with Crippen molar-refractivity contribution in [2.45, 2.75) is 6.92 Å². The Bertz CT molecular complexity index is 1290. The van der Waals surface area contributed by atoms with Crippen LogP contribution in [0.15, 0.2) is 83.8 Å². The van der Waals surface area contributed by atoms with Crippen molar-refractivity contribution in [3.05, 3.63) is 118 Å². The molecule has 0 saturated heterocycles. The van der Waals surface area contributed by atoms with Crippen molar-refractivity contribution in [3.63, 3.8) is 0 Å². The molecule has 2 aromatic carbocycles. The second-order valence-corrected chi connectivity index (χ2v) is 6.76. The predicted octanol–water partition coefficient (Wildman–Crippen LogP) is 4.72. The van der Waals surface area contributed by atoms with Crippen molar-refractivity contribution >= 4 is 5.78 Å². The normalized spacial score (nSPS) is 10.8. The molecule has 148 valence electrons. The lowest BCUT2D eigenvalue weighted by molar-refractivity contribution is 0.103. The number of benzene rings is 2. The number of ketones is 1. The Morgan fingerprint density at radius 3 is 2.13 bits per heavy atom. The molecule has 0 aliphatic heterocycles. The van der Waals surface area contributed by atoms with Crippen molar-refractivity contribution in [1.82, 2.24) is 9.55 Å². The Morgan fingerprint density at radius 1 is 0.867 bits per heavy atom. The highest BCUT2D eigenvalue weighted by molar-refractivity contribution is 6.12. The van der Waals surface area contributed by atoms with Gasteiger partial charge in [0.05, 0.1) is 5.56 Å². The number of hydrogen-bond donors (Lipinski definition) is 0. The summed E-state index contributed by atoms with van der Waals surface area (Å²) in [5.74, 6) is -1.10. The molecule has 0 aliphatic rings. The summed E-state index contributed by atoms with van der Waals surface area (Å²) in [5, 5.41) is 0. The fraction of sp³-hybridized carbons (Fsp3) is 0.0417. The summed E-state index contributed by atoms with van der Waals surface area (Å²) >= 11 is 0. The molecule has 6 heteroatoms. The maximum atomic E-state index is 13.4. The summed E-state index contributed by atoms with van der Waals surface area (Å²) in [4.78, 5) is 31.0. The van der Waals surface area contributed by atoms with E-state index in [0.29, 0.717) is 22.6 Å². The van der Waals surface area contributed by atoms with Crippen molar-refractivity contribution in [2.75, 3.05) is 0 Å². The summed E-state index contributed by atoms with van der Waals surface area (Å²) in [7, 11) is 0. The zero-order valence-electron chi connectivity index (χ0n) is 16.0. The molecule has 0 bridgehead atoms. The molecule has 2 heterocycles. The maximum Gasteiger partial charge on any atom is 0.268 e. The third-order valence-corrected chi connectivity index (χ3v) is 4.70. The van der Waals surface area contributed by atoms with E-state index in [1.807, 2.05) is 0 Å². The van der Waals surface area contributed by atoms with Gasteiger partial charge in [-0.2, -0.15) is 0 Å². The van der Waals surface area contributed by atoms with Crippen LogP contribution in [0.5, 0.6) is 0 Å². The minimum Gasteiger partial charge on any atom is -0.288 e. The van der Waals surface area contributed by atoms with E-state index in [2.05, 4.69) is 4.98 Å². The van der Waals surface area contributed by atoms with Crippen LogP contribution in [-0.2, 0) is 0 Å². The van der Waals surface area contributed by atoms with Gasteiger partial charge < -0.3 is 0 Å². The first-order valence-corrected chi connectivity index (χ1v) is 9.20. The lowest BCUT2D eigenvalue weighted by atomic mass is 9.95. The van der Waals surface area contributed by atoms with Crippen LogP contribution in [0.4, 0.5) is 8.78 Å². The largest absolute Gasteiger partial charge is 0.288 e. The highest BCUT2D eigenvalue weighted by Gasteiger charge is 2.21. The smallest absolute Gasteiger partial charge is 0.268 e. The molecule has 4 nitrogen and oxygen atoms in total. The Hall–Kier alpha value is -3.93. The van der Waals surface area contributed by atoms with Crippen molar-refractivity contribution in [1.29, 1.82) is 0 Å². The van der Waals surface area contributed by atoms with Gasteiger partial charge in [0.25, 0.3) is 5.56 Å². The number of aromatic nitrogens is 2. The molecule has 0 N–H and O–H groups in total. The molecular formula is C24H16F2N2O2. The van der Waals surface area contributed by atoms with E-state index < -0.39 is 23.0 Å². The van der Waals surface area contributed by atoms with Gasteiger partial charge in [-0.25, -0.2) is 13.8 Å². The third-order valence-electron chi connectivity index (χ3n) is 4.70. The van der Waals surface area contributed by atoms with Gasteiger partial charge in [0.1, 0.15) is 17.5 Å². The fourth-order valence-electron chi connectivity index (χ4n) is 3.21. The quantitative estimate of drug-likeness (QED) is 0.464. The standard InChI is InChI=1S/C24H16F2N2O2/c1-15-3-2-4-21(27-15)28-14-13-20(16-5-9-18(25)10-6-16)22(24(28)30)23(29)17-7-11-19(26)12-8-17/h2-14H,1H3. The lowest BCUT2D eigenvalue weighted by Crippen LogP contribution is -2.27. The molecule has 30 heavy (non-hydrogen) atoms. The highest BCUT2D eigenvalue weighted by atomic mass is 19.1. The fourth-order valence-corrected chi connectivity index (χ4v) is 3.21. The first-order valence-electron chi connectivity index (χ1n) is 9.20. The Morgan fingerprint density at radius 2 is 1.50 bits per heavy atom. The average Bonchev–Trinajstić information content (AvgIpc) is 2.74. The molecule has 4 rings (SSSR count). The summed E-state index contributed by atoms with van der Waals surface area (Å²) in [6.07, 6.45) is 1.53. The molecule has 0 amide bonds. The van der Waals surface area contributed by atoms with Crippen LogP contribution in [0.25, 0.3) is 16.9 Å². The van der Waals surface area contributed by atoms with Crippen molar-refractivity contribution in [2.24, 2.45) is 0 Å². The van der Waals surface area contributed by atoms with Gasteiger partial charge in [0, 0.05) is 17.5 Å². The van der Waals surface area contributed by atoms with Crippen LogP contribution in [0.2, 0.25) is 0 Å². The molecular weight excluding hydrogens is 386 g/mol. The van der Waals surface area contributed by atoms with Crippen LogP contribution in [0, 0.1) is 18.6 Å². The van der Waals surface area contributed by atoms with Crippen molar-refractivity contribution in [3.8, 4) is 16.9 Å². The van der Waals surface area contributed by atoms with Gasteiger partial charge in [-0.05, 0) is 72.6 Å². The predicted molar refractivity (Wildman–Crippen MR) is 110 cm³/mol. The van der Waals surface area contributed by atoms with E-state index in [0.717, 1.165) is 12.1 Å². The van der Waals surface area contributed by atoms with E-state index in [-0.39, 0.29) is 11.1 Å². The SMILES string of the molecule is Cc1cccc(-n2ccc(-c3ccc(F)cc3)c(C(=O)c3ccc(F)cc3)c2=O)n1. The van der Waals surface area contributed by atoms with E-state index in [4.69, 9.17) is 0 Å². The summed E-state index contributed by atoms with van der Waals surface area (Å²) < 4.78 is 28.0. The third kappa shape index (κ3) is 3.67. The number of hydrogen-bond acceptors (Lipinski definition) is 3. The van der Waals surface area contributed by atoms with E-state index in [9.17, 15) is 18.4 Å². The molecule has 0 fully saturated rings. The van der Waals surface area contributed by atoms with Gasteiger partial charge in [-0.3, -0.25) is 14.2 Å². The molecule has 0 radical (unpaired) electrons. The Kier molecular flexibility index (Phi) is 5.06. The second kappa shape index (κ2) is 7.83. The molecule has 0 aliphatic carbocycles. The second-order valence-electron chi connectivity index (χ2n) is 6.76. The average molecular weight is 402 g/mol.